The van der Waals surface area contributed by atoms with Crippen LogP contribution in [0.25, 0.3) is 16.8 Å². The Balaban J connectivity index is 1.77. The highest BCUT2D eigenvalue weighted by atomic mass is 35.5. The minimum absolute atomic E-state index is 0.0373. The molecule has 0 saturated carbocycles. The number of ether oxygens (including phenoxy) is 1. The molecule has 1 aromatic heterocycles. The molecule has 4 rings (SSSR count). The van der Waals surface area contributed by atoms with Crippen LogP contribution in [-0.2, 0) is 4.74 Å². The summed E-state index contributed by atoms with van der Waals surface area (Å²) >= 11 is 6.01. The summed E-state index contributed by atoms with van der Waals surface area (Å²) in [4.78, 5) is 22.2. The van der Waals surface area contributed by atoms with Crippen LogP contribution in [0.4, 0.5) is 5.69 Å². The first-order chi connectivity index (χ1) is 13.9. The molecule has 2 aliphatic rings. The lowest BCUT2D eigenvalue weighted by atomic mass is 9.93. The second kappa shape index (κ2) is 8.06. The van der Waals surface area contributed by atoms with Crippen molar-refractivity contribution >= 4 is 34.9 Å². The van der Waals surface area contributed by atoms with E-state index >= 15 is 0 Å². The summed E-state index contributed by atoms with van der Waals surface area (Å²) in [5.41, 5.74) is 9.91. The number of aliphatic imine (C=N–C) groups is 1. The molecule has 0 amide bonds. The van der Waals surface area contributed by atoms with Gasteiger partial charge in [-0.3, -0.25) is 9.79 Å². The van der Waals surface area contributed by atoms with Gasteiger partial charge in [-0.25, -0.2) is 4.98 Å². The molecule has 29 heavy (non-hydrogen) atoms. The highest BCUT2D eigenvalue weighted by Gasteiger charge is 2.30. The highest BCUT2D eigenvalue weighted by Crippen LogP contribution is 2.32. The van der Waals surface area contributed by atoms with Crippen LogP contribution < -0.4 is 5.73 Å². The van der Waals surface area contributed by atoms with Crippen molar-refractivity contribution in [3.8, 4) is 11.3 Å². The Bertz CT molecular complexity index is 1000. The molecular formula is C22H22ClN3O3. The highest BCUT2D eigenvalue weighted by molar-refractivity contribution is 6.30. The van der Waals surface area contributed by atoms with Gasteiger partial charge in [0.2, 0.25) is 0 Å². The van der Waals surface area contributed by atoms with Gasteiger partial charge in [0.15, 0.2) is 5.78 Å². The molecule has 2 aliphatic heterocycles. The molecule has 1 saturated heterocycles. The van der Waals surface area contributed by atoms with Gasteiger partial charge in [-0.2, -0.15) is 0 Å². The molecule has 0 spiro atoms. The van der Waals surface area contributed by atoms with Crippen LogP contribution in [0, 0.1) is 5.92 Å². The van der Waals surface area contributed by atoms with Gasteiger partial charge in [0.25, 0.3) is 0 Å². The number of rotatable bonds is 5. The Kier molecular flexibility index (Phi) is 5.50. The number of nitrogens with two attached hydrogens (primary N) is 1. The molecule has 7 heteroatoms. The predicted molar refractivity (Wildman–Crippen MR) is 114 cm³/mol. The van der Waals surface area contributed by atoms with Crippen molar-refractivity contribution in [1.82, 2.24) is 4.98 Å². The molecule has 1 fully saturated rings. The summed E-state index contributed by atoms with van der Waals surface area (Å²) in [7, 11) is 0. The SMILES string of the molecule is CC1C=C(c2nc(-c3ccc(Cl)cc3)cc(C(=O)C[C@H]3COC[C@@H]3O)c2N)C=N1. The number of carbonyl (C=O) groups is 1. The van der Waals surface area contributed by atoms with Crippen LogP contribution in [0.1, 0.15) is 29.4 Å². The number of aliphatic hydroxyl groups excluding tert-OH is 1. The normalized spacial score (nSPS) is 23.4. The van der Waals surface area contributed by atoms with Gasteiger partial charge in [-0.15, -0.1) is 0 Å². The number of halogens is 1. The van der Waals surface area contributed by atoms with Crippen LogP contribution in [0.15, 0.2) is 41.4 Å². The second-order valence-corrected chi connectivity index (χ2v) is 7.89. The Hall–Kier alpha value is -2.54. The van der Waals surface area contributed by atoms with E-state index in [2.05, 4.69) is 4.99 Å². The van der Waals surface area contributed by atoms with Crippen molar-refractivity contribution in [3.63, 3.8) is 0 Å². The summed E-state index contributed by atoms with van der Waals surface area (Å²) in [5, 5.41) is 10.6. The zero-order valence-corrected chi connectivity index (χ0v) is 16.8. The molecule has 3 heterocycles. The molecular weight excluding hydrogens is 390 g/mol. The Labute approximate surface area is 174 Å². The van der Waals surface area contributed by atoms with Crippen molar-refractivity contribution in [3.05, 3.63) is 52.7 Å². The number of aromatic nitrogens is 1. The number of ketones is 1. The number of hydrogen-bond donors (Lipinski definition) is 2. The fraction of sp³-hybridized carbons (Fsp3) is 0.318. The van der Waals surface area contributed by atoms with Crippen LogP contribution in [0.5, 0.6) is 0 Å². The molecule has 0 radical (unpaired) electrons. The molecule has 150 valence electrons. The molecule has 0 bridgehead atoms. The number of pyridine rings is 1. The lowest BCUT2D eigenvalue weighted by Gasteiger charge is -2.15. The lowest BCUT2D eigenvalue weighted by Crippen LogP contribution is -2.22. The van der Waals surface area contributed by atoms with Crippen molar-refractivity contribution in [2.75, 3.05) is 18.9 Å². The van der Waals surface area contributed by atoms with E-state index in [0.717, 1.165) is 11.1 Å². The first-order valence-corrected chi connectivity index (χ1v) is 9.91. The summed E-state index contributed by atoms with van der Waals surface area (Å²) in [6.45, 7) is 2.59. The van der Waals surface area contributed by atoms with Gasteiger partial charge in [0.1, 0.15) is 0 Å². The number of benzene rings is 1. The Morgan fingerprint density at radius 2 is 2.07 bits per heavy atom. The van der Waals surface area contributed by atoms with E-state index < -0.39 is 6.10 Å². The van der Waals surface area contributed by atoms with E-state index in [4.69, 9.17) is 27.1 Å². The maximum atomic E-state index is 13.1. The van der Waals surface area contributed by atoms with Crippen LogP contribution in [0.2, 0.25) is 5.02 Å². The third kappa shape index (κ3) is 4.10. The van der Waals surface area contributed by atoms with E-state index in [1.54, 1.807) is 24.4 Å². The molecule has 2 aromatic rings. The Morgan fingerprint density at radius 1 is 1.31 bits per heavy atom. The fourth-order valence-corrected chi connectivity index (χ4v) is 3.71. The number of carbonyl (C=O) groups excluding carboxylic acids is 1. The predicted octanol–water partition coefficient (Wildman–Crippen LogP) is 3.42. The number of nitrogen functional groups attached to an aromatic ring is 1. The number of allylic oxidation sites excluding steroid dienone is 1. The average Bonchev–Trinajstić information content (AvgIpc) is 3.31. The van der Waals surface area contributed by atoms with Crippen molar-refractivity contribution in [2.24, 2.45) is 10.9 Å². The third-order valence-electron chi connectivity index (χ3n) is 5.25. The van der Waals surface area contributed by atoms with E-state index in [1.807, 2.05) is 25.1 Å². The van der Waals surface area contributed by atoms with E-state index in [1.165, 1.54) is 0 Å². The van der Waals surface area contributed by atoms with Gasteiger partial charge in [0.05, 0.1) is 42.4 Å². The molecule has 3 N–H and O–H groups in total. The lowest BCUT2D eigenvalue weighted by molar-refractivity contribution is 0.0891. The van der Waals surface area contributed by atoms with Crippen LogP contribution in [-0.4, -0.2) is 47.4 Å². The number of nitrogens with zero attached hydrogens (tertiary/aromatic N) is 2. The summed E-state index contributed by atoms with van der Waals surface area (Å²) < 4.78 is 5.27. The summed E-state index contributed by atoms with van der Waals surface area (Å²) in [6.07, 6.45) is 3.23. The topological polar surface area (TPSA) is 97.8 Å². The van der Waals surface area contributed by atoms with Gasteiger partial charge < -0.3 is 15.6 Å². The average molecular weight is 412 g/mol. The van der Waals surface area contributed by atoms with Gasteiger partial charge in [-0.1, -0.05) is 23.7 Å². The van der Waals surface area contributed by atoms with Crippen LogP contribution in [0.3, 0.4) is 0 Å². The largest absolute Gasteiger partial charge is 0.396 e. The third-order valence-corrected chi connectivity index (χ3v) is 5.51. The number of Topliss-reactive ketones (excluding diaryl/α,β-unsaturated/α-hetero) is 1. The zero-order chi connectivity index (χ0) is 20.5. The van der Waals surface area contributed by atoms with Gasteiger partial charge in [-0.05, 0) is 31.2 Å². The quantitative estimate of drug-likeness (QED) is 0.734. The van der Waals surface area contributed by atoms with E-state index in [-0.39, 0.29) is 30.8 Å². The van der Waals surface area contributed by atoms with E-state index in [9.17, 15) is 9.90 Å². The van der Waals surface area contributed by atoms with Gasteiger partial charge >= 0.3 is 0 Å². The first kappa shape index (κ1) is 19.8. The molecule has 3 atom stereocenters. The molecule has 1 unspecified atom stereocenters. The minimum atomic E-state index is -0.636. The minimum Gasteiger partial charge on any atom is -0.396 e. The van der Waals surface area contributed by atoms with E-state index in [0.29, 0.717) is 34.3 Å². The Morgan fingerprint density at radius 3 is 2.69 bits per heavy atom. The fourth-order valence-electron chi connectivity index (χ4n) is 3.59. The summed E-state index contributed by atoms with van der Waals surface area (Å²) in [6, 6.07) is 9.01. The number of anilines is 1. The summed E-state index contributed by atoms with van der Waals surface area (Å²) in [5.74, 6) is -0.371. The van der Waals surface area contributed by atoms with Crippen molar-refractivity contribution < 1.29 is 14.6 Å². The van der Waals surface area contributed by atoms with Gasteiger partial charge in [0, 0.05) is 40.3 Å². The molecule has 6 nitrogen and oxygen atoms in total. The first-order valence-electron chi connectivity index (χ1n) is 9.53. The van der Waals surface area contributed by atoms with Crippen molar-refractivity contribution in [1.29, 1.82) is 0 Å². The monoisotopic (exact) mass is 411 g/mol. The molecule has 1 aromatic carbocycles. The number of aliphatic hydroxyl groups is 1. The van der Waals surface area contributed by atoms with Crippen LogP contribution >= 0.6 is 11.6 Å². The number of hydrogen-bond acceptors (Lipinski definition) is 6. The maximum Gasteiger partial charge on any atom is 0.165 e. The zero-order valence-electron chi connectivity index (χ0n) is 16.0. The van der Waals surface area contributed by atoms with Crippen molar-refractivity contribution in [2.45, 2.75) is 25.5 Å². The molecule has 0 aliphatic carbocycles. The smallest absolute Gasteiger partial charge is 0.165 e. The standard InChI is InChI=1S/C22H22ClN3O3/c1-12-6-14(9-25-12)22-21(24)17(19(27)7-15-10-29-11-20(15)28)8-18(26-22)13-2-4-16(23)5-3-13/h2-6,8-9,12,15,20,28H,7,10-11,24H2,1H3/t12?,15-,20-/m0/s1. The maximum absolute atomic E-state index is 13.1. The second-order valence-electron chi connectivity index (χ2n) is 7.46.